The van der Waals surface area contributed by atoms with Gasteiger partial charge in [-0.05, 0) is 24.3 Å². The number of nitriles is 1. The Bertz CT molecular complexity index is 1560. The van der Waals surface area contributed by atoms with Crippen molar-refractivity contribution < 1.29 is 28.6 Å². The summed E-state index contributed by atoms with van der Waals surface area (Å²) in [6.07, 6.45) is -1.77. The largest absolute Gasteiger partial charge is 0.374 e. The molecule has 1 saturated heterocycles. The molecule has 0 saturated carbocycles. The minimum atomic E-state index is -1.49. The minimum absolute atomic E-state index is 0.0856. The van der Waals surface area contributed by atoms with Gasteiger partial charge in [-0.2, -0.15) is 5.26 Å². The van der Waals surface area contributed by atoms with Gasteiger partial charge in [0, 0.05) is 22.6 Å². The lowest BCUT2D eigenvalue weighted by atomic mass is 10.0. The zero-order chi connectivity index (χ0) is 29.0. The van der Waals surface area contributed by atoms with Gasteiger partial charge < -0.3 is 21.3 Å². The maximum absolute atomic E-state index is 15.3. The molecule has 0 radical (unpaired) electrons. The van der Waals surface area contributed by atoms with Crippen LogP contribution in [0.15, 0.2) is 60.7 Å². The highest BCUT2D eigenvalue weighted by Gasteiger charge is 2.40. The van der Waals surface area contributed by atoms with Crippen LogP contribution in [0.25, 0.3) is 11.1 Å². The first kappa shape index (κ1) is 28.2. The van der Waals surface area contributed by atoms with E-state index < -0.39 is 42.3 Å². The van der Waals surface area contributed by atoms with Gasteiger partial charge in [0.15, 0.2) is 5.82 Å². The zero-order valence-electron chi connectivity index (χ0n) is 21.0. The number of hydrogen-bond acceptors (Lipinski definition) is 5. The summed E-state index contributed by atoms with van der Waals surface area (Å²) in [6.45, 7) is -0.812. The summed E-state index contributed by atoms with van der Waals surface area (Å²) in [7, 11) is 0. The quantitative estimate of drug-likeness (QED) is 0.308. The van der Waals surface area contributed by atoms with Crippen molar-refractivity contribution in [2.24, 2.45) is 5.73 Å². The van der Waals surface area contributed by atoms with Gasteiger partial charge in [-0.15, -0.1) is 0 Å². The van der Waals surface area contributed by atoms with E-state index in [9.17, 15) is 24.0 Å². The molecule has 3 aromatic rings. The van der Waals surface area contributed by atoms with Gasteiger partial charge in [0.05, 0.1) is 35.6 Å². The maximum Gasteiger partial charge on any atom is 0.313 e. The van der Waals surface area contributed by atoms with Gasteiger partial charge >= 0.3 is 5.91 Å². The Hall–Kier alpha value is -4.82. The number of anilines is 2. The molecule has 204 valence electrons. The molecule has 1 heterocycles. The lowest BCUT2D eigenvalue weighted by molar-refractivity contribution is -0.135. The third-order valence-electron chi connectivity index (χ3n) is 6.45. The third kappa shape index (κ3) is 5.77. The summed E-state index contributed by atoms with van der Waals surface area (Å²) in [6, 6.07) is 16.1. The van der Waals surface area contributed by atoms with E-state index in [0.29, 0.717) is 10.6 Å². The van der Waals surface area contributed by atoms with E-state index in [1.165, 1.54) is 36.4 Å². The zero-order valence-corrected chi connectivity index (χ0v) is 21.7. The number of rotatable bonds is 8. The lowest BCUT2D eigenvalue weighted by Crippen LogP contribution is -2.49. The first-order valence-electron chi connectivity index (χ1n) is 12.1. The maximum atomic E-state index is 15.3. The number of alkyl halides is 1. The van der Waals surface area contributed by atoms with Crippen molar-refractivity contribution in [1.82, 2.24) is 4.90 Å². The van der Waals surface area contributed by atoms with Gasteiger partial charge in [-0.3, -0.25) is 14.4 Å². The Morgan fingerprint density at radius 3 is 2.50 bits per heavy atom. The van der Waals surface area contributed by atoms with Crippen LogP contribution in [-0.4, -0.2) is 53.6 Å². The van der Waals surface area contributed by atoms with Crippen molar-refractivity contribution in [2.75, 3.05) is 23.7 Å². The van der Waals surface area contributed by atoms with Crippen LogP contribution in [0.1, 0.15) is 17.5 Å². The first-order chi connectivity index (χ1) is 19.1. The van der Waals surface area contributed by atoms with Crippen LogP contribution in [0, 0.1) is 17.1 Å². The number of likely N-dealkylation sites (tertiary alicyclic amines) is 1. The van der Waals surface area contributed by atoms with Crippen molar-refractivity contribution in [3.63, 3.8) is 0 Å². The monoisotopic (exact) mass is 565 g/mol. The molecule has 12 heteroatoms. The fraction of sp³-hybridized carbons (Fsp3) is 0.179. The minimum Gasteiger partial charge on any atom is -0.374 e. The summed E-state index contributed by atoms with van der Waals surface area (Å²) in [5.41, 5.74) is 5.67. The van der Waals surface area contributed by atoms with E-state index in [1.807, 2.05) is 6.07 Å². The first-order valence-corrected chi connectivity index (χ1v) is 12.5. The summed E-state index contributed by atoms with van der Waals surface area (Å²) in [5, 5.41) is 20.8. The molecule has 4 rings (SSSR count). The molecule has 6 N–H and O–H groups in total. The van der Waals surface area contributed by atoms with Crippen molar-refractivity contribution in [1.29, 1.82) is 5.26 Å². The molecule has 1 aliphatic rings. The SMILES string of the molecule is N#Cc1cccc(C(=[NH2+])C(N)=O)c1NCC(=O)N1C[C@H](F)C[C@H]1C(=O)Nc1cccc(-c2ccccc2Cl)c1F. The molecule has 1 aliphatic heterocycles. The molecule has 0 unspecified atom stereocenters. The van der Waals surface area contributed by atoms with E-state index in [2.05, 4.69) is 10.6 Å². The van der Waals surface area contributed by atoms with Crippen LogP contribution >= 0.6 is 11.6 Å². The van der Waals surface area contributed by atoms with Gasteiger partial charge in [0.25, 0.3) is 5.71 Å². The Labute approximate surface area is 233 Å². The molecule has 3 amide bonds. The molecule has 3 aromatic carbocycles. The number of primary amides is 1. The van der Waals surface area contributed by atoms with Crippen molar-refractivity contribution in [3.8, 4) is 17.2 Å². The number of nitrogens with one attached hydrogen (secondary N) is 2. The highest BCUT2D eigenvalue weighted by atomic mass is 35.5. The molecule has 0 aromatic heterocycles. The summed E-state index contributed by atoms with van der Waals surface area (Å²) >= 11 is 6.20. The van der Waals surface area contributed by atoms with Gasteiger partial charge in [0.2, 0.25) is 11.8 Å². The van der Waals surface area contributed by atoms with Crippen LogP contribution in [0.3, 0.4) is 0 Å². The predicted octanol–water partition coefficient (Wildman–Crippen LogP) is 2.04. The number of amides is 3. The Kier molecular flexibility index (Phi) is 8.40. The molecular formula is C28H24ClF2N6O3+. The number of halogens is 3. The second kappa shape index (κ2) is 11.9. The van der Waals surface area contributed by atoms with Crippen LogP contribution < -0.4 is 21.8 Å². The number of nitrogens with zero attached hydrogens (tertiary/aromatic N) is 2. The van der Waals surface area contributed by atoms with Gasteiger partial charge in [0.1, 0.15) is 18.3 Å². The second-order valence-corrected chi connectivity index (χ2v) is 9.41. The smallest absolute Gasteiger partial charge is 0.313 e. The van der Waals surface area contributed by atoms with Crippen LogP contribution in [0.2, 0.25) is 5.02 Å². The van der Waals surface area contributed by atoms with Gasteiger partial charge in [-0.1, -0.05) is 48.0 Å². The van der Waals surface area contributed by atoms with E-state index in [0.717, 1.165) is 4.90 Å². The van der Waals surface area contributed by atoms with Crippen molar-refractivity contribution in [2.45, 2.75) is 18.6 Å². The Morgan fingerprint density at radius 1 is 1.10 bits per heavy atom. The van der Waals surface area contributed by atoms with E-state index in [4.69, 9.17) is 22.7 Å². The molecular weight excluding hydrogens is 542 g/mol. The highest BCUT2D eigenvalue weighted by Crippen LogP contribution is 2.33. The van der Waals surface area contributed by atoms with E-state index in [-0.39, 0.29) is 46.7 Å². The average Bonchev–Trinajstić information content (AvgIpc) is 3.34. The molecule has 9 nitrogen and oxygen atoms in total. The summed E-state index contributed by atoms with van der Waals surface area (Å²) in [5.74, 6) is -3.09. The molecule has 2 atom stereocenters. The Balaban J connectivity index is 1.52. The van der Waals surface area contributed by atoms with Crippen molar-refractivity contribution in [3.05, 3.63) is 82.6 Å². The fourth-order valence-electron chi connectivity index (χ4n) is 4.50. The fourth-order valence-corrected chi connectivity index (χ4v) is 4.74. The Morgan fingerprint density at radius 2 is 1.80 bits per heavy atom. The van der Waals surface area contributed by atoms with E-state index in [1.54, 1.807) is 24.3 Å². The van der Waals surface area contributed by atoms with Crippen LogP contribution in [0.4, 0.5) is 20.2 Å². The topological polar surface area (TPSA) is 154 Å². The second-order valence-electron chi connectivity index (χ2n) is 9.00. The number of nitrogens with two attached hydrogens (primary N) is 2. The molecule has 0 bridgehead atoms. The highest BCUT2D eigenvalue weighted by molar-refractivity contribution is 6.43. The van der Waals surface area contributed by atoms with Crippen LogP contribution in [0.5, 0.6) is 0 Å². The molecule has 0 spiro atoms. The number of carbonyl (C=O) groups is 3. The molecule has 40 heavy (non-hydrogen) atoms. The number of carbonyl (C=O) groups excluding carboxylic acids is 3. The summed E-state index contributed by atoms with van der Waals surface area (Å²) in [4.78, 5) is 38.9. The molecule has 1 fully saturated rings. The number of para-hydroxylation sites is 1. The standard InChI is InChI=1S/C28H23ClF2N6O3/c29-20-9-2-1-6-17(20)18-7-4-10-21(24(18)31)36-28(40)22-11-16(30)14-37(22)23(38)13-35-26-15(12-32)5-3-8-19(26)25(33)27(34)39/h1-10,16,22,33,35H,11,13-14H2,(H2,34,39)(H,36,40)/p+1/t16-,22+/m1/s1. The van der Waals surface area contributed by atoms with Crippen LogP contribution in [-0.2, 0) is 14.4 Å². The summed E-state index contributed by atoms with van der Waals surface area (Å²) < 4.78 is 29.8. The number of hydrogen-bond donors (Lipinski definition) is 4. The number of benzene rings is 3. The van der Waals surface area contributed by atoms with Crippen molar-refractivity contribution >= 4 is 46.4 Å². The average molecular weight is 566 g/mol. The lowest BCUT2D eigenvalue weighted by Gasteiger charge is -2.24. The normalized spacial score (nSPS) is 16.2. The third-order valence-corrected chi connectivity index (χ3v) is 6.78. The van der Waals surface area contributed by atoms with Gasteiger partial charge in [-0.25, -0.2) is 14.2 Å². The predicted molar refractivity (Wildman–Crippen MR) is 145 cm³/mol. The van der Waals surface area contributed by atoms with E-state index >= 15 is 4.39 Å². The molecule has 0 aliphatic carbocycles.